The van der Waals surface area contributed by atoms with Gasteiger partial charge < -0.3 is 5.32 Å². The van der Waals surface area contributed by atoms with Crippen molar-refractivity contribution in [3.63, 3.8) is 0 Å². The summed E-state index contributed by atoms with van der Waals surface area (Å²) in [5, 5.41) is 16.7. The first kappa shape index (κ1) is 14.4. The van der Waals surface area contributed by atoms with Crippen LogP contribution in [0, 0.1) is 0 Å². The highest BCUT2D eigenvalue weighted by molar-refractivity contribution is 9.10. The molecule has 1 unspecified atom stereocenters. The second kappa shape index (κ2) is 6.51. The largest absolute Gasteiger partial charge is 0.305 e. The molecule has 0 saturated carbocycles. The Balaban J connectivity index is 1.95. The molecule has 6 heteroatoms. The van der Waals surface area contributed by atoms with E-state index >= 15 is 0 Å². The van der Waals surface area contributed by atoms with E-state index in [-0.39, 0.29) is 6.04 Å². The highest BCUT2D eigenvalue weighted by Gasteiger charge is 2.20. The number of benzene rings is 1. The van der Waals surface area contributed by atoms with Gasteiger partial charge in [0.2, 0.25) is 0 Å². The summed E-state index contributed by atoms with van der Waals surface area (Å²) in [7, 11) is 0. The Morgan fingerprint density at radius 1 is 1.29 bits per heavy atom. The van der Waals surface area contributed by atoms with E-state index in [4.69, 9.17) is 0 Å². The summed E-state index contributed by atoms with van der Waals surface area (Å²) in [6, 6.07) is 9.98. The summed E-state index contributed by atoms with van der Waals surface area (Å²) in [4.78, 5) is 1.67. The van der Waals surface area contributed by atoms with Gasteiger partial charge in [0.15, 0.2) is 0 Å². The van der Waals surface area contributed by atoms with Crippen molar-refractivity contribution in [3.8, 4) is 5.69 Å². The Kier molecular flexibility index (Phi) is 4.48. The molecule has 0 radical (unpaired) electrons. The van der Waals surface area contributed by atoms with Crippen molar-refractivity contribution in [1.29, 1.82) is 0 Å². The smallest absolute Gasteiger partial charge is 0.105 e. The van der Waals surface area contributed by atoms with Crippen LogP contribution in [0.5, 0.6) is 0 Å². The molecule has 3 aromatic rings. The summed E-state index contributed by atoms with van der Waals surface area (Å²) in [6.07, 6.45) is 1.82. The molecule has 0 bridgehead atoms. The highest BCUT2D eigenvalue weighted by atomic mass is 79.9. The monoisotopic (exact) mass is 362 g/mol. The molecule has 0 spiro atoms. The Morgan fingerprint density at radius 2 is 2.10 bits per heavy atom. The van der Waals surface area contributed by atoms with E-state index in [1.54, 1.807) is 16.1 Å². The topological polar surface area (TPSA) is 42.7 Å². The van der Waals surface area contributed by atoms with Crippen LogP contribution in [0.2, 0.25) is 0 Å². The first-order valence-corrected chi connectivity index (χ1v) is 8.46. The Bertz CT molecular complexity index is 707. The molecule has 0 aliphatic carbocycles. The summed E-state index contributed by atoms with van der Waals surface area (Å²) in [5.74, 6) is 0. The van der Waals surface area contributed by atoms with E-state index < -0.39 is 0 Å². The van der Waals surface area contributed by atoms with Gasteiger partial charge in [0.05, 0.1) is 17.9 Å². The number of nitrogens with one attached hydrogen (secondary N) is 1. The number of thiophene rings is 1. The summed E-state index contributed by atoms with van der Waals surface area (Å²) in [5.41, 5.74) is 3.07. The number of hydrogen-bond donors (Lipinski definition) is 1. The van der Waals surface area contributed by atoms with E-state index in [1.165, 1.54) is 5.56 Å². The van der Waals surface area contributed by atoms with Crippen LogP contribution in [0.1, 0.15) is 24.2 Å². The molecular formula is C15H15BrN4S. The lowest BCUT2D eigenvalue weighted by molar-refractivity contribution is 0.604. The summed E-state index contributed by atoms with van der Waals surface area (Å²) in [6.45, 7) is 2.96. The van der Waals surface area contributed by atoms with Crippen LogP contribution < -0.4 is 5.32 Å². The third kappa shape index (κ3) is 3.07. The molecule has 2 heterocycles. The number of hydrogen-bond acceptors (Lipinski definition) is 4. The fraction of sp³-hybridized carbons (Fsp3) is 0.200. The molecule has 1 N–H and O–H groups in total. The highest BCUT2D eigenvalue weighted by Crippen LogP contribution is 2.30. The number of nitrogens with zero attached hydrogens (tertiary/aromatic N) is 3. The van der Waals surface area contributed by atoms with Crippen LogP contribution >= 0.6 is 27.3 Å². The minimum absolute atomic E-state index is 0.0492. The molecule has 21 heavy (non-hydrogen) atoms. The molecule has 2 aromatic heterocycles. The lowest BCUT2D eigenvalue weighted by Gasteiger charge is -2.14. The minimum atomic E-state index is 0.0492. The van der Waals surface area contributed by atoms with Gasteiger partial charge in [-0.15, -0.1) is 0 Å². The second-order valence-electron chi connectivity index (χ2n) is 4.56. The van der Waals surface area contributed by atoms with E-state index in [9.17, 15) is 0 Å². The Labute approximate surface area is 135 Å². The quantitative estimate of drug-likeness (QED) is 0.750. The van der Waals surface area contributed by atoms with Crippen LogP contribution in [0.25, 0.3) is 5.69 Å². The molecule has 0 fully saturated rings. The molecule has 3 rings (SSSR count). The van der Waals surface area contributed by atoms with Crippen molar-refractivity contribution >= 4 is 27.3 Å². The van der Waals surface area contributed by atoms with Crippen LogP contribution in [0.4, 0.5) is 0 Å². The molecule has 0 aliphatic rings. The van der Waals surface area contributed by atoms with Gasteiger partial charge in [-0.05, 0) is 40.0 Å². The lowest BCUT2D eigenvalue weighted by Crippen LogP contribution is -2.22. The molecule has 0 aliphatic heterocycles. The molecule has 0 saturated heterocycles. The fourth-order valence-electron chi connectivity index (χ4n) is 2.17. The maximum atomic E-state index is 4.62. The zero-order valence-corrected chi connectivity index (χ0v) is 13.9. The summed E-state index contributed by atoms with van der Waals surface area (Å²) < 4.78 is 1.10. The average molecular weight is 363 g/mol. The number of para-hydroxylation sites is 1. The molecule has 108 valence electrons. The molecule has 4 nitrogen and oxygen atoms in total. The normalized spacial score (nSPS) is 12.5. The molecular weight excluding hydrogens is 348 g/mol. The van der Waals surface area contributed by atoms with E-state index in [0.29, 0.717) is 0 Å². The third-order valence-electron chi connectivity index (χ3n) is 3.15. The van der Waals surface area contributed by atoms with E-state index in [2.05, 4.69) is 49.1 Å². The Hall–Kier alpha value is -1.50. The van der Waals surface area contributed by atoms with Crippen LogP contribution in [0.15, 0.2) is 51.8 Å². The molecule has 1 atom stereocenters. The van der Waals surface area contributed by atoms with E-state index in [1.807, 2.05) is 36.5 Å². The van der Waals surface area contributed by atoms with Crippen LogP contribution in [-0.2, 0) is 0 Å². The average Bonchev–Trinajstić information content (AvgIpc) is 3.15. The number of halogens is 1. The van der Waals surface area contributed by atoms with Gasteiger partial charge in [0.1, 0.15) is 5.69 Å². The van der Waals surface area contributed by atoms with Gasteiger partial charge in [-0.3, -0.25) is 0 Å². The van der Waals surface area contributed by atoms with Crippen molar-refractivity contribution < 1.29 is 0 Å². The van der Waals surface area contributed by atoms with Crippen molar-refractivity contribution in [1.82, 2.24) is 20.3 Å². The van der Waals surface area contributed by atoms with Gasteiger partial charge in [-0.25, -0.2) is 0 Å². The molecule has 0 amide bonds. The van der Waals surface area contributed by atoms with Gasteiger partial charge in [-0.1, -0.05) is 25.1 Å². The zero-order valence-electron chi connectivity index (χ0n) is 11.5. The standard InChI is InChI=1S/C15H15BrN4S/c1-2-17-15(12-9-21-10-13(12)16)14-8-18-20(19-14)11-6-4-3-5-7-11/h3-10,15,17H,2H2,1H3. The van der Waals surface area contributed by atoms with Gasteiger partial charge in [-0.2, -0.15) is 26.3 Å². The molecule has 1 aromatic carbocycles. The summed E-state index contributed by atoms with van der Waals surface area (Å²) >= 11 is 5.28. The zero-order chi connectivity index (χ0) is 14.7. The second-order valence-corrected chi connectivity index (χ2v) is 6.16. The van der Waals surface area contributed by atoms with Crippen molar-refractivity contribution in [2.75, 3.05) is 6.54 Å². The number of aromatic nitrogens is 3. The SMILES string of the molecule is CCNC(c1cnn(-c2ccccc2)n1)c1cscc1Br. The Morgan fingerprint density at radius 3 is 2.76 bits per heavy atom. The first-order chi connectivity index (χ1) is 10.3. The maximum Gasteiger partial charge on any atom is 0.105 e. The van der Waals surface area contributed by atoms with Crippen molar-refractivity contribution in [2.24, 2.45) is 0 Å². The fourth-order valence-corrected chi connectivity index (χ4v) is 3.72. The minimum Gasteiger partial charge on any atom is -0.305 e. The van der Waals surface area contributed by atoms with Crippen molar-refractivity contribution in [2.45, 2.75) is 13.0 Å². The first-order valence-electron chi connectivity index (χ1n) is 6.72. The van der Waals surface area contributed by atoms with Crippen LogP contribution in [0.3, 0.4) is 0 Å². The van der Waals surface area contributed by atoms with Gasteiger partial charge in [0, 0.05) is 15.4 Å². The van der Waals surface area contributed by atoms with E-state index in [0.717, 1.165) is 22.4 Å². The predicted molar refractivity (Wildman–Crippen MR) is 88.9 cm³/mol. The van der Waals surface area contributed by atoms with Gasteiger partial charge >= 0.3 is 0 Å². The van der Waals surface area contributed by atoms with Crippen molar-refractivity contribution in [3.05, 3.63) is 63.0 Å². The predicted octanol–water partition coefficient (Wildman–Crippen LogP) is 3.79. The third-order valence-corrected chi connectivity index (χ3v) is 4.91. The van der Waals surface area contributed by atoms with Gasteiger partial charge in [0.25, 0.3) is 0 Å². The number of rotatable bonds is 5. The maximum absolute atomic E-state index is 4.62. The van der Waals surface area contributed by atoms with Crippen LogP contribution in [-0.4, -0.2) is 21.5 Å². The lowest BCUT2D eigenvalue weighted by atomic mass is 10.1.